The van der Waals surface area contributed by atoms with Crippen LogP contribution in [0.2, 0.25) is 5.02 Å². The predicted octanol–water partition coefficient (Wildman–Crippen LogP) is 3.53. The topological polar surface area (TPSA) is 12.9 Å². The molecule has 1 heterocycles. The van der Waals surface area contributed by atoms with Crippen LogP contribution in [-0.4, -0.2) is 10.3 Å². The van der Waals surface area contributed by atoms with Gasteiger partial charge in [-0.25, -0.2) is 0 Å². The molecule has 0 saturated heterocycles. The average Bonchev–Trinajstić information content (AvgIpc) is 2.09. The predicted molar refractivity (Wildman–Crippen MR) is 56.7 cm³/mol. The first-order valence-corrected chi connectivity index (χ1v) is 5.17. The molecule has 0 fully saturated rings. The third-order valence-corrected chi connectivity index (χ3v) is 2.00. The fourth-order valence-electron chi connectivity index (χ4n) is 0.753. The van der Waals surface area contributed by atoms with E-state index < -0.39 is 0 Å². The first-order chi connectivity index (χ1) is 5.83. The molecule has 12 heavy (non-hydrogen) atoms. The van der Waals surface area contributed by atoms with E-state index in [0.717, 1.165) is 17.4 Å². The van der Waals surface area contributed by atoms with E-state index in [9.17, 15) is 0 Å². The second-order valence-electron chi connectivity index (χ2n) is 2.28. The molecule has 0 atom stereocenters. The Bertz CT molecular complexity index is 256. The zero-order chi connectivity index (χ0) is 8.81. The van der Waals surface area contributed by atoms with Gasteiger partial charge in [0.2, 0.25) is 0 Å². The summed E-state index contributed by atoms with van der Waals surface area (Å²) in [6.45, 7) is 0. The number of aromatic nitrogens is 1. The van der Waals surface area contributed by atoms with Crippen molar-refractivity contribution in [2.24, 2.45) is 0 Å². The van der Waals surface area contributed by atoms with E-state index in [1.807, 2.05) is 18.2 Å². The summed E-state index contributed by atoms with van der Waals surface area (Å²) in [5.74, 6) is 0. The number of halogens is 2. The molecule has 0 aliphatic carbocycles. The van der Waals surface area contributed by atoms with Gasteiger partial charge in [-0.15, -0.1) is 0 Å². The monoisotopic (exact) mass is 245 g/mol. The Morgan fingerprint density at radius 2 is 2.33 bits per heavy atom. The fourth-order valence-corrected chi connectivity index (χ4v) is 1.13. The number of allylic oxidation sites excluding steroid dienone is 1. The lowest BCUT2D eigenvalue weighted by molar-refractivity contribution is 1.25. The van der Waals surface area contributed by atoms with Crippen LogP contribution < -0.4 is 0 Å². The van der Waals surface area contributed by atoms with Crippen LogP contribution in [0.25, 0.3) is 6.08 Å². The van der Waals surface area contributed by atoms with Crippen LogP contribution >= 0.6 is 27.5 Å². The number of alkyl halides is 1. The Kier molecular flexibility index (Phi) is 4.33. The molecule has 1 rings (SSSR count). The summed E-state index contributed by atoms with van der Waals surface area (Å²) in [5.41, 5.74) is 0.945. The molecular formula is C9H9BrClN. The summed E-state index contributed by atoms with van der Waals surface area (Å²) >= 11 is 9.02. The minimum atomic E-state index is 0.674. The maximum absolute atomic E-state index is 5.68. The molecule has 1 aromatic rings. The molecule has 0 amide bonds. The molecule has 0 aliphatic heterocycles. The second-order valence-corrected chi connectivity index (χ2v) is 3.51. The van der Waals surface area contributed by atoms with Crippen molar-refractivity contribution in [1.82, 2.24) is 4.98 Å². The molecule has 0 aliphatic rings. The smallest absolute Gasteiger partial charge is 0.0627 e. The van der Waals surface area contributed by atoms with E-state index >= 15 is 0 Å². The average molecular weight is 247 g/mol. The zero-order valence-corrected chi connectivity index (χ0v) is 8.85. The van der Waals surface area contributed by atoms with Crippen LogP contribution in [0.4, 0.5) is 0 Å². The van der Waals surface area contributed by atoms with Crippen LogP contribution in [0.5, 0.6) is 0 Å². The van der Waals surface area contributed by atoms with E-state index in [1.165, 1.54) is 0 Å². The molecule has 0 aromatic carbocycles. The standard InChI is InChI=1S/C9H9BrClN/c10-6-2-1-3-9-5-4-8(11)7-12-9/h1,3-5,7H,2,6H2. The summed E-state index contributed by atoms with van der Waals surface area (Å²) < 4.78 is 0. The second kappa shape index (κ2) is 5.33. The lowest BCUT2D eigenvalue weighted by atomic mass is 10.3. The van der Waals surface area contributed by atoms with Gasteiger partial charge >= 0.3 is 0 Å². The first kappa shape index (κ1) is 9.75. The van der Waals surface area contributed by atoms with E-state index in [-0.39, 0.29) is 0 Å². The molecule has 0 bridgehead atoms. The highest BCUT2D eigenvalue weighted by Gasteiger charge is 1.87. The Balaban J connectivity index is 2.58. The minimum absolute atomic E-state index is 0.674. The Morgan fingerprint density at radius 3 is 2.92 bits per heavy atom. The lowest BCUT2D eigenvalue weighted by Crippen LogP contribution is -1.78. The molecule has 0 radical (unpaired) electrons. The van der Waals surface area contributed by atoms with Crippen LogP contribution in [0.15, 0.2) is 24.4 Å². The van der Waals surface area contributed by atoms with Gasteiger partial charge in [0.1, 0.15) is 0 Å². The quantitative estimate of drug-likeness (QED) is 0.744. The third kappa shape index (κ3) is 3.37. The van der Waals surface area contributed by atoms with Crippen molar-refractivity contribution < 1.29 is 0 Å². The van der Waals surface area contributed by atoms with Crippen LogP contribution in [0.1, 0.15) is 12.1 Å². The van der Waals surface area contributed by atoms with Crippen molar-refractivity contribution in [1.29, 1.82) is 0 Å². The zero-order valence-electron chi connectivity index (χ0n) is 6.50. The largest absolute Gasteiger partial charge is 0.255 e. The molecule has 0 saturated carbocycles. The third-order valence-electron chi connectivity index (χ3n) is 1.31. The van der Waals surface area contributed by atoms with E-state index in [1.54, 1.807) is 6.20 Å². The number of hydrogen-bond acceptors (Lipinski definition) is 1. The maximum Gasteiger partial charge on any atom is 0.0627 e. The number of hydrogen-bond donors (Lipinski definition) is 0. The highest BCUT2D eigenvalue weighted by molar-refractivity contribution is 9.09. The fraction of sp³-hybridized carbons (Fsp3) is 0.222. The number of rotatable bonds is 3. The highest BCUT2D eigenvalue weighted by Crippen LogP contribution is 2.07. The van der Waals surface area contributed by atoms with Gasteiger partial charge in [-0.05, 0) is 24.6 Å². The van der Waals surface area contributed by atoms with Gasteiger partial charge < -0.3 is 0 Å². The summed E-state index contributed by atoms with van der Waals surface area (Å²) in [7, 11) is 0. The van der Waals surface area contributed by atoms with Crippen molar-refractivity contribution in [3.8, 4) is 0 Å². The van der Waals surface area contributed by atoms with Gasteiger partial charge in [0, 0.05) is 11.5 Å². The van der Waals surface area contributed by atoms with Crippen LogP contribution in [-0.2, 0) is 0 Å². The molecule has 1 aromatic heterocycles. The molecule has 3 heteroatoms. The van der Waals surface area contributed by atoms with E-state index in [4.69, 9.17) is 11.6 Å². The van der Waals surface area contributed by atoms with Crippen molar-refractivity contribution in [2.45, 2.75) is 6.42 Å². The molecule has 64 valence electrons. The Hall–Kier alpha value is -0.340. The number of pyridine rings is 1. The molecule has 1 nitrogen and oxygen atoms in total. The summed E-state index contributed by atoms with van der Waals surface area (Å²) in [6.07, 6.45) is 6.72. The van der Waals surface area contributed by atoms with Crippen molar-refractivity contribution in [3.05, 3.63) is 35.1 Å². The number of nitrogens with zero attached hydrogens (tertiary/aromatic N) is 1. The Morgan fingerprint density at radius 1 is 1.50 bits per heavy atom. The molecule has 0 spiro atoms. The highest BCUT2D eigenvalue weighted by atomic mass is 79.9. The van der Waals surface area contributed by atoms with Gasteiger partial charge in [-0.2, -0.15) is 0 Å². The molecular weight excluding hydrogens is 237 g/mol. The maximum atomic E-state index is 5.68. The minimum Gasteiger partial charge on any atom is -0.255 e. The van der Waals surface area contributed by atoms with Crippen LogP contribution in [0.3, 0.4) is 0 Å². The molecule has 0 unspecified atom stereocenters. The van der Waals surface area contributed by atoms with Crippen molar-refractivity contribution in [2.75, 3.05) is 5.33 Å². The van der Waals surface area contributed by atoms with Gasteiger partial charge in [0.15, 0.2) is 0 Å². The van der Waals surface area contributed by atoms with Crippen molar-refractivity contribution in [3.63, 3.8) is 0 Å². The lowest BCUT2D eigenvalue weighted by Gasteiger charge is -1.91. The normalized spacial score (nSPS) is 10.8. The first-order valence-electron chi connectivity index (χ1n) is 3.67. The van der Waals surface area contributed by atoms with Gasteiger partial charge in [0.25, 0.3) is 0 Å². The SMILES string of the molecule is Clc1ccc(C=CCCBr)nc1. The molecule has 0 N–H and O–H groups in total. The summed E-state index contributed by atoms with van der Waals surface area (Å²) in [6, 6.07) is 3.73. The van der Waals surface area contributed by atoms with E-state index in [2.05, 4.69) is 27.0 Å². The van der Waals surface area contributed by atoms with Crippen LogP contribution in [0, 0.1) is 0 Å². The van der Waals surface area contributed by atoms with Gasteiger partial charge in [-0.1, -0.05) is 33.6 Å². The summed E-state index contributed by atoms with van der Waals surface area (Å²) in [5, 5.41) is 1.66. The summed E-state index contributed by atoms with van der Waals surface area (Å²) in [4.78, 5) is 4.12. The van der Waals surface area contributed by atoms with Gasteiger partial charge in [-0.3, -0.25) is 4.98 Å². The van der Waals surface area contributed by atoms with Gasteiger partial charge in [0.05, 0.1) is 10.7 Å². The van der Waals surface area contributed by atoms with Crippen molar-refractivity contribution >= 4 is 33.6 Å². The Labute approximate surface area is 85.6 Å². The van der Waals surface area contributed by atoms with E-state index in [0.29, 0.717) is 5.02 Å².